The van der Waals surface area contributed by atoms with E-state index < -0.39 is 5.54 Å². The molecule has 1 aromatic rings. The van der Waals surface area contributed by atoms with Crippen LogP contribution in [0.1, 0.15) is 84.9 Å². The van der Waals surface area contributed by atoms with E-state index in [1.807, 2.05) is 6.92 Å². The van der Waals surface area contributed by atoms with E-state index in [1.165, 1.54) is 25.7 Å². The summed E-state index contributed by atoms with van der Waals surface area (Å²) in [5.74, 6) is 1.29. The molecule has 1 unspecified atom stereocenters. The van der Waals surface area contributed by atoms with E-state index in [-0.39, 0.29) is 5.41 Å². The van der Waals surface area contributed by atoms with Gasteiger partial charge in [-0.3, -0.25) is 0 Å². The summed E-state index contributed by atoms with van der Waals surface area (Å²) in [4.78, 5) is 4.47. The van der Waals surface area contributed by atoms with Gasteiger partial charge in [0.25, 0.3) is 0 Å². The quantitative estimate of drug-likeness (QED) is 0.761. The highest BCUT2D eigenvalue weighted by Gasteiger charge is 2.30. The van der Waals surface area contributed by atoms with E-state index in [2.05, 4.69) is 37.8 Å². The minimum absolute atomic E-state index is 0.123. The predicted molar refractivity (Wildman–Crippen MR) is 77.9 cm³/mol. The lowest BCUT2D eigenvalue weighted by atomic mass is 9.93. The Hall–Kier alpha value is -0.900. The van der Waals surface area contributed by atoms with Crippen LogP contribution in [0.3, 0.4) is 0 Å². The largest absolute Gasteiger partial charge is 0.339 e. The highest BCUT2D eigenvalue weighted by atomic mass is 16.5. The Balaban J connectivity index is 2.54. The van der Waals surface area contributed by atoms with Crippen LogP contribution in [0.5, 0.6) is 0 Å². The van der Waals surface area contributed by atoms with Crippen LogP contribution in [-0.2, 0) is 11.0 Å². The second-order valence-electron chi connectivity index (χ2n) is 6.75. The lowest BCUT2D eigenvalue weighted by Gasteiger charge is -2.20. The maximum Gasteiger partial charge on any atom is 0.232 e. The maximum absolute atomic E-state index is 6.32. The molecular weight excluding hydrogens is 238 g/mol. The molecule has 0 aliphatic carbocycles. The molecule has 1 aromatic heterocycles. The fourth-order valence-electron chi connectivity index (χ4n) is 1.97. The van der Waals surface area contributed by atoms with Crippen molar-refractivity contribution >= 4 is 0 Å². The highest BCUT2D eigenvalue weighted by molar-refractivity contribution is 5.05. The van der Waals surface area contributed by atoms with Crippen molar-refractivity contribution in [3.8, 4) is 0 Å². The number of unbranched alkanes of at least 4 members (excludes halogenated alkanes) is 4. The second kappa shape index (κ2) is 6.51. The summed E-state index contributed by atoms with van der Waals surface area (Å²) < 4.78 is 5.32. The smallest absolute Gasteiger partial charge is 0.232 e. The van der Waals surface area contributed by atoms with Gasteiger partial charge in [0.2, 0.25) is 5.89 Å². The van der Waals surface area contributed by atoms with Crippen LogP contribution in [0, 0.1) is 0 Å². The zero-order valence-electron chi connectivity index (χ0n) is 13.1. The third kappa shape index (κ3) is 4.94. The Morgan fingerprint density at radius 1 is 1.05 bits per heavy atom. The van der Waals surface area contributed by atoms with Gasteiger partial charge in [-0.25, -0.2) is 0 Å². The zero-order chi connectivity index (χ0) is 14.5. The zero-order valence-corrected chi connectivity index (χ0v) is 13.1. The molecule has 0 saturated carbocycles. The first-order chi connectivity index (χ1) is 8.77. The molecule has 110 valence electrons. The van der Waals surface area contributed by atoms with Gasteiger partial charge in [0.05, 0.1) is 5.54 Å². The predicted octanol–water partition coefficient (Wildman–Crippen LogP) is 3.90. The van der Waals surface area contributed by atoms with E-state index in [1.54, 1.807) is 0 Å². The van der Waals surface area contributed by atoms with Crippen LogP contribution in [0.25, 0.3) is 0 Å². The normalized spacial score (nSPS) is 15.5. The standard InChI is InChI=1S/C15H29N3O/c1-6-7-8-9-10-11-15(5,16)12-17-13(19-18-12)14(2,3)4/h6-11,16H2,1-5H3. The molecular formula is C15H29N3O. The third-order valence-corrected chi connectivity index (χ3v) is 3.38. The maximum atomic E-state index is 6.32. The minimum atomic E-state index is -0.487. The van der Waals surface area contributed by atoms with Gasteiger partial charge in [0.15, 0.2) is 5.82 Å². The molecule has 19 heavy (non-hydrogen) atoms. The van der Waals surface area contributed by atoms with Crippen LogP contribution >= 0.6 is 0 Å². The Kier molecular flexibility index (Phi) is 5.53. The summed E-state index contributed by atoms with van der Waals surface area (Å²) in [5.41, 5.74) is 5.71. The number of hydrogen-bond acceptors (Lipinski definition) is 4. The number of aromatic nitrogens is 2. The van der Waals surface area contributed by atoms with Gasteiger partial charge in [-0.15, -0.1) is 0 Å². The van der Waals surface area contributed by atoms with Crippen LogP contribution in [0.15, 0.2) is 4.52 Å². The fraction of sp³-hybridized carbons (Fsp3) is 0.867. The van der Waals surface area contributed by atoms with E-state index in [9.17, 15) is 0 Å². The first kappa shape index (κ1) is 16.2. The Bertz CT molecular complexity index is 377. The Morgan fingerprint density at radius 2 is 1.68 bits per heavy atom. The van der Waals surface area contributed by atoms with Gasteiger partial charge in [-0.2, -0.15) is 4.98 Å². The summed E-state index contributed by atoms with van der Waals surface area (Å²) >= 11 is 0. The van der Waals surface area contributed by atoms with Crippen molar-refractivity contribution < 1.29 is 4.52 Å². The van der Waals surface area contributed by atoms with E-state index in [4.69, 9.17) is 10.3 Å². The molecule has 0 fully saturated rings. The van der Waals surface area contributed by atoms with Crippen molar-refractivity contribution in [3.05, 3.63) is 11.7 Å². The molecule has 0 amide bonds. The number of hydrogen-bond donors (Lipinski definition) is 1. The fourth-order valence-corrected chi connectivity index (χ4v) is 1.97. The average molecular weight is 267 g/mol. The topological polar surface area (TPSA) is 64.9 Å². The molecule has 4 heteroatoms. The van der Waals surface area contributed by atoms with Crippen LogP contribution in [-0.4, -0.2) is 10.1 Å². The molecule has 0 aliphatic heterocycles. The van der Waals surface area contributed by atoms with Crippen molar-refractivity contribution in [2.75, 3.05) is 0 Å². The van der Waals surface area contributed by atoms with Crippen molar-refractivity contribution in [3.63, 3.8) is 0 Å². The number of nitrogens with zero attached hydrogens (tertiary/aromatic N) is 2. The van der Waals surface area contributed by atoms with E-state index >= 15 is 0 Å². The molecule has 0 saturated heterocycles. The summed E-state index contributed by atoms with van der Waals surface area (Å²) in [5, 5.41) is 4.06. The van der Waals surface area contributed by atoms with Crippen LogP contribution in [0.2, 0.25) is 0 Å². The van der Waals surface area contributed by atoms with Crippen molar-refractivity contribution in [2.24, 2.45) is 5.73 Å². The molecule has 2 N–H and O–H groups in total. The molecule has 1 heterocycles. The Morgan fingerprint density at radius 3 is 2.21 bits per heavy atom. The number of rotatable bonds is 7. The molecule has 0 aromatic carbocycles. The van der Waals surface area contributed by atoms with Crippen molar-refractivity contribution in [1.29, 1.82) is 0 Å². The molecule has 0 radical (unpaired) electrons. The average Bonchev–Trinajstić information content (AvgIpc) is 2.78. The van der Waals surface area contributed by atoms with Crippen molar-refractivity contribution in [2.45, 2.75) is 84.1 Å². The van der Waals surface area contributed by atoms with Gasteiger partial charge in [-0.05, 0) is 13.3 Å². The Labute approximate surface area is 117 Å². The first-order valence-corrected chi connectivity index (χ1v) is 7.41. The summed E-state index contributed by atoms with van der Waals surface area (Å²) in [6.07, 6.45) is 7.10. The molecule has 0 aliphatic rings. The van der Waals surface area contributed by atoms with Gasteiger partial charge in [0.1, 0.15) is 0 Å². The SMILES string of the molecule is CCCCCCCC(C)(N)c1noc(C(C)(C)C)n1. The highest BCUT2D eigenvalue weighted by Crippen LogP contribution is 2.26. The van der Waals surface area contributed by atoms with Crippen LogP contribution in [0.4, 0.5) is 0 Å². The molecule has 0 bridgehead atoms. The third-order valence-electron chi connectivity index (χ3n) is 3.38. The van der Waals surface area contributed by atoms with E-state index in [0.717, 1.165) is 12.8 Å². The monoisotopic (exact) mass is 267 g/mol. The minimum Gasteiger partial charge on any atom is -0.339 e. The number of nitrogens with two attached hydrogens (primary N) is 1. The van der Waals surface area contributed by atoms with Crippen LogP contribution < -0.4 is 5.73 Å². The van der Waals surface area contributed by atoms with Gasteiger partial charge >= 0.3 is 0 Å². The van der Waals surface area contributed by atoms with E-state index in [0.29, 0.717) is 11.7 Å². The molecule has 1 rings (SSSR count). The lowest BCUT2D eigenvalue weighted by Crippen LogP contribution is -2.34. The second-order valence-corrected chi connectivity index (χ2v) is 6.75. The van der Waals surface area contributed by atoms with Crippen molar-refractivity contribution in [1.82, 2.24) is 10.1 Å². The summed E-state index contributed by atoms with van der Waals surface area (Å²) in [7, 11) is 0. The van der Waals surface area contributed by atoms with Gasteiger partial charge in [-0.1, -0.05) is 65.0 Å². The van der Waals surface area contributed by atoms with Gasteiger partial charge in [0, 0.05) is 5.41 Å². The summed E-state index contributed by atoms with van der Waals surface area (Å²) in [6.45, 7) is 10.4. The lowest BCUT2D eigenvalue weighted by molar-refractivity contribution is 0.308. The molecule has 4 nitrogen and oxygen atoms in total. The molecule has 0 spiro atoms. The first-order valence-electron chi connectivity index (χ1n) is 7.41. The van der Waals surface area contributed by atoms with Gasteiger partial charge < -0.3 is 10.3 Å². The summed E-state index contributed by atoms with van der Waals surface area (Å²) in [6, 6.07) is 0. The molecule has 1 atom stereocenters.